The molecule has 2 heterocycles. The van der Waals surface area contributed by atoms with E-state index in [1.165, 1.54) is 49.4 Å². The Morgan fingerprint density at radius 3 is 1.88 bits per heavy atom. The molecule has 0 amide bonds. The molecule has 20 nitrogen and oxygen atoms in total. The predicted octanol–water partition coefficient (Wildman–Crippen LogP) is -0.454. The summed E-state index contributed by atoms with van der Waals surface area (Å²) in [7, 11) is -4.90. The van der Waals surface area contributed by atoms with Crippen LogP contribution >= 0.6 is 7.82 Å². The summed E-state index contributed by atoms with van der Waals surface area (Å²) in [5, 5.41) is 94.5. The van der Waals surface area contributed by atoms with Gasteiger partial charge in [0.05, 0.1) is 46.9 Å². The van der Waals surface area contributed by atoms with Crippen molar-refractivity contribution < 1.29 is 77.9 Å². The Bertz CT molecular complexity index is 1470. The van der Waals surface area contributed by atoms with E-state index in [9.17, 15) is 60.5 Å². The van der Waals surface area contributed by atoms with Gasteiger partial charge in [0, 0.05) is 12.1 Å². The highest BCUT2D eigenvalue weighted by Gasteiger charge is 2.50. The van der Waals surface area contributed by atoms with E-state index < -0.39 is 116 Å². The van der Waals surface area contributed by atoms with Gasteiger partial charge >= 0.3 is 7.82 Å². The summed E-state index contributed by atoms with van der Waals surface area (Å²) >= 11 is 0. The van der Waals surface area contributed by atoms with Crippen LogP contribution in [-0.2, 0) is 39.0 Å². The molecule has 0 aliphatic carbocycles. The van der Waals surface area contributed by atoms with Gasteiger partial charge in [0.1, 0.15) is 48.8 Å². The minimum atomic E-state index is -4.90. The summed E-state index contributed by atoms with van der Waals surface area (Å²) in [6.45, 7) is -1.15. The van der Waals surface area contributed by atoms with Crippen LogP contribution in [0.4, 0.5) is 11.4 Å². The summed E-state index contributed by atoms with van der Waals surface area (Å²) in [5.74, 6) is 0. The smallest absolute Gasteiger partial charge is 0.394 e. The fraction of sp³-hybridized carbons (Fsp3) is 0.556. The highest BCUT2D eigenvalue weighted by atomic mass is 31.2. The molecule has 2 saturated heterocycles. The van der Waals surface area contributed by atoms with E-state index in [2.05, 4.69) is 0 Å². The molecule has 2 aliphatic heterocycles. The molecule has 0 bridgehead atoms. The molecule has 12 atom stereocenters. The summed E-state index contributed by atoms with van der Waals surface area (Å²) in [5.41, 5.74) is -0.881. The fourth-order valence-electron chi connectivity index (χ4n) is 4.95. The largest absolute Gasteiger partial charge is 0.475 e. The first-order chi connectivity index (χ1) is 22.7. The number of phosphoric acid groups is 1. The molecule has 0 spiro atoms. The van der Waals surface area contributed by atoms with Gasteiger partial charge in [-0.1, -0.05) is 24.3 Å². The summed E-state index contributed by atoms with van der Waals surface area (Å²) < 4.78 is 46.5. The van der Waals surface area contributed by atoms with Crippen LogP contribution < -0.4 is 0 Å². The Labute approximate surface area is 271 Å². The Kier molecular flexibility index (Phi) is 12.7. The first-order valence-electron chi connectivity index (χ1n) is 14.4. The zero-order chi connectivity index (χ0) is 35.3. The van der Waals surface area contributed by atoms with E-state index in [1.54, 1.807) is 0 Å². The van der Waals surface area contributed by atoms with Gasteiger partial charge < -0.3 is 50.0 Å². The molecule has 7 N–H and O–H groups in total. The van der Waals surface area contributed by atoms with Gasteiger partial charge in [-0.3, -0.25) is 33.8 Å². The van der Waals surface area contributed by atoms with Crippen LogP contribution in [0.25, 0.3) is 0 Å². The summed E-state index contributed by atoms with van der Waals surface area (Å²) in [6.07, 6.45) is -19.6. The maximum atomic E-state index is 14.0. The number of benzene rings is 2. The van der Waals surface area contributed by atoms with Crippen molar-refractivity contribution in [1.82, 2.24) is 0 Å². The van der Waals surface area contributed by atoms with Crippen molar-refractivity contribution in [2.24, 2.45) is 0 Å². The van der Waals surface area contributed by atoms with Gasteiger partial charge in [0.15, 0.2) is 12.6 Å². The zero-order valence-electron chi connectivity index (χ0n) is 25.1. The highest BCUT2D eigenvalue weighted by molar-refractivity contribution is 7.48. The summed E-state index contributed by atoms with van der Waals surface area (Å²) in [6, 6.07) is 10.6. The second-order valence-corrected chi connectivity index (χ2v) is 12.4. The van der Waals surface area contributed by atoms with Gasteiger partial charge in [-0.25, -0.2) is 4.57 Å². The van der Waals surface area contributed by atoms with Gasteiger partial charge in [-0.05, 0) is 19.1 Å². The van der Waals surface area contributed by atoms with Crippen LogP contribution in [-0.4, -0.2) is 120 Å². The van der Waals surface area contributed by atoms with Gasteiger partial charge in [0.2, 0.25) is 0 Å². The molecule has 0 aromatic heterocycles. The number of nitro groups is 2. The molecule has 2 aromatic rings. The van der Waals surface area contributed by atoms with E-state index in [1.807, 2.05) is 0 Å². The average Bonchev–Trinajstić information content (AvgIpc) is 3.07. The Balaban J connectivity index is 1.55. The third-order valence-electron chi connectivity index (χ3n) is 7.61. The van der Waals surface area contributed by atoms with E-state index in [0.29, 0.717) is 0 Å². The third-order valence-corrected chi connectivity index (χ3v) is 9.09. The third kappa shape index (κ3) is 8.56. The van der Waals surface area contributed by atoms with Crippen LogP contribution in [0.2, 0.25) is 0 Å². The minimum Gasteiger partial charge on any atom is -0.394 e. The first kappa shape index (κ1) is 37.8. The molecule has 2 fully saturated rings. The van der Waals surface area contributed by atoms with E-state index in [-0.39, 0.29) is 11.1 Å². The number of aliphatic hydroxyl groups is 7. The highest BCUT2D eigenvalue weighted by Crippen LogP contribution is 2.55. The van der Waals surface area contributed by atoms with Crippen LogP contribution in [0.1, 0.15) is 24.2 Å². The Morgan fingerprint density at radius 1 is 0.771 bits per heavy atom. The molecule has 266 valence electrons. The number of phosphoric ester groups is 1. The molecule has 4 rings (SSSR count). The molecular formula is C27H35N2O18P. The molecular weight excluding hydrogens is 671 g/mol. The molecule has 6 unspecified atom stereocenters. The molecule has 0 saturated carbocycles. The lowest BCUT2D eigenvalue weighted by molar-refractivity contribution is -0.386. The van der Waals surface area contributed by atoms with Crippen molar-refractivity contribution in [3.8, 4) is 0 Å². The standard InChI is InChI=1S/C27H35N2O18P/c1-13(15-7-3-5-9-17(15)29(39)40)47-48(41,42-11-14-6-2-4-8-16(14)28(37)38)43-12-19-21(32)23(34)25(36)27(45-19)46-26-24(35)22(33)20(31)18(10-30)44-26/h2-9,13,18-27,30-36H,10-12H2,1H3/t13?,18-,19?,20-,21-,22?,23?,24?,25+,26-,27-,48?/m1/s1. The number of ether oxygens (including phenoxy) is 3. The molecule has 0 radical (unpaired) electrons. The fourth-order valence-corrected chi connectivity index (χ4v) is 6.27. The van der Waals surface area contributed by atoms with Crippen molar-refractivity contribution in [2.45, 2.75) is 81.0 Å². The number of aliphatic hydroxyl groups excluding tert-OH is 7. The van der Waals surface area contributed by atoms with E-state index >= 15 is 0 Å². The number of hydrogen-bond acceptors (Lipinski definition) is 18. The van der Waals surface area contributed by atoms with Crippen LogP contribution in [0.15, 0.2) is 48.5 Å². The SMILES string of the molecule is CC(OP(=O)(OCc1ccccc1[N+](=O)[O-])OCC1O[C@H](O[C@H]2O[C@H](CO)[C@@H](O)C(O)C2O)[C@@H](O)C(O)[C@@H]1O)c1ccccc1[N+](=O)[O-]. The lowest BCUT2D eigenvalue weighted by atomic mass is 9.98. The molecule has 2 aliphatic rings. The van der Waals surface area contributed by atoms with Crippen LogP contribution in [0.5, 0.6) is 0 Å². The van der Waals surface area contributed by atoms with Gasteiger partial charge in [-0.2, -0.15) is 0 Å². The van der Waals surface area contributed by atoms with Crippen molar-refractivity contribution in [3.05, 3.63) is 79.9 Å². The monoisotopic (exact) mass is 706 g/mol. The number of nitrogens with zero attached hydrogens (tertiary/aromatic N) is 2. The lowest BCUT2D eigenvalue weighted by Crippen LogP contribution is -2.63. The zero-order valence-corrected chi connectivity index (χ0v) is 25.9. The minimum absolute atomic E-state index is 0.0406. The van der Waals surface area contributed by atoms with Crippen molar-refractivity contribution >= 4 is 19.2 Å². The second kappa shape index (κ2) is 16.1. The van der Waals surface area contributed by atoms with Crippen molar-refractivity contribution in [3.63, 3.8) is 0 Å². The summed E-state index contributed by atoms with van der Waals surface area (Å²) in [4.78, 5) is 21.7. The Morgan fingerprint density at radius 2 is 1.29 bits per heavy atom. The van der Waals surface area contributed by atoms with E-state index in [0.717, 1.165) is 6.07 Å². The maximum Gasteiger partial charge on any atom is 0.475 e. The first-order valence-corrected chi connectivity index (χ1v) is 15.8. The topological polar surface area (TPSA) is 300 Å². The van der Waals surface area contributed by atoms with E-state index in [4.69, 9.17) is 27.8 Å². The van der Waals surface area contributed by atoms with Crippen LogP contribution in [0.3, 0.4) is 0 Å². The average molecular weight is 707 g/mol. The Hall–Kier alpha value is -3.05. The number of rotatable bonds is 14. The molecule has 21 heteroatoms. The maximum absolute atomic E-state index is 14.0. The number of nitro benzene ring substituents is 2. The molecule has 2 aromatic carbocycles. The van der Waals surface area contributed by atoms with Gasteiger partial charge in [0.25, 0.3) is 11.4 Å². The van der Waals surface area contributed by atoms with Crippen molar-refractivity contribution in [1.29, 1.82) is 0 Å². The second-order valence-electron chi connectivity index (χ2n) is 10.8. The lowest BCUT2D eigenvalue weighted by Gasteiger charge is -2.44. The quantitative estimate of drug-likeness (QED) is 0.0743. The van der Waals surface area contributed by atoms with Crippen molar-refractivity contribution in [2.75, 3.05) is 13.2 Å². The van der Waals surface area contributed by atoms with Crippen LogP contribution in [0, 0.1) is 20.2 Å². The number of hydrogen-bond donors (Lipinski definition) is 7. The predicted molar refractivity (Wildman–Crippen MR) is 156 cm³/mol. The van der Waals surface area contributed by atoms with Gasteiger partial charge in [-0.15, -0.1) is 0 Å². The normalized spacial score (nSPS) is 32.7. The number of para-hydroxylation sites is 2. The molecule has 48 heavy (non-hydrogen) atoms.